The fraction of sp³-hybridized carbons (Fsp3) is 0.0500. The third kappa shape index (κ3) is 3.29. The lowest BCUT2D eigenvalue weighted by molar-refractivity contribution is 0.0477. The maximum Gasteiger partial charge on any atom is 0.339 e. The number of esters is 1. The Morgan fingerprint density at radius 1 is 1.04 bits per heavy atom. The third-order valence-corrected chi connectivity index (χ3v) is 5.46. The molecule has 3 heterocycles. The monoisotopic (exact) mass is 379 g/mol. The van der Waals surface area contributed by atoms with Gasteiger partial charge in [-0.3, -0.25) is 4.79 Å². The number of hydrogen-bond acceptors (Lipinski definition) is 6. The van der Waals surface area contributed by atoms with Crippen molar-refractivity contribution in [2.24, 2.45) is 0 Å². The van der Waals surface area contributed by atoms with E-state index in [1.165, 1.54) is 11.3 Å². The number of carbonyl (C=O) groups excluding carboxylic acids is 2. The van der Waals surface area contributed by atoms with Crippen LogP contribution in [-0.2, 0) is 4.74 Å². The van der Waals surface area contributed by atoms with Crippen LogP contribution < -0.4 is 0 Å². The summed E-state index contributed by atoms with van der Waals surface area (Å²) in [5, 5.41) is 6.23. The van der Waals surface area contributed by atoms with Crippen LogP contribution in [0.2, 0.25) is 0 Å². The van der Waals surface area contributed by atoms with Crippen LogP contribution in [0.25, 0.3) is 21.5 Å². The minimum atomic E-state index is -0.523. The van der Waals surface area contributed by atoms with E-state index in [2.05, 4.69) is 4.98 Å². The number of aromatic nitrogens is 1. The van der Waals surface area contributed by atoms with E-state index in [1.807, 2.05) is 47.2 Å². The number of Topliss-reactive ketones (excluding diaryl/α,β-unsaturated/α-hetero) is 1. The highest BCUT2D eigenvalue weighted by molar-refractivity contribution is 7.13. The molecule has 0 radical (unpaired) electrons. The average Bonchev–Trinajstić information content (AvgIpc) is 3.38. The Labute approximate surface area is 157 Å². The molecule has 4 aromatic rings. The Hall–Kier alpha value is -2.83. The van der Waals surface area contributed by atoms with Gasteiger partial charge in [-0.25, -0.2) is 9.78 Å². The molecule has 0 aliphatic heterocycles. The lowest BCUT2D eigenvalue weighted by Gasteiger charge is -2.09. The SMILES string of the molecule is O=C(COC(=O)c1cc(-c2cccs2)nc2ccccc12)c1ccsc1. The summed E-state index contributed by atoms with van der Waals surface area (Å²) in [6.45, 7) is -0.277. The zero-order valence-corrected chi connectivity index (χ0v) is 15.2. The quantitative estimate of drug-likeness (QED) is 0.359. The molecule has 0 unspecified atom stereocenters. The molecule has 0 N–H and O–H groups in total. The van der Waals surface area contributed by atoms with Gasteiger partial charge < -0.3 is 4.74 Å². The van der Waals surface area contributed by atoms with Crippen molar-refractivity contribution in [1.29, 1.82) is 0 Å². The van der Waals surface area contributed by atoms with Gasteiger partial charge in [0.05, 0.1) is 21.7 Å². The molecule has 1 aromatic carbocycles. The summed E-state index contributed by atoms with van der Waals surface area (Å²) in [5.41, 5.74) is 2.41. The predicted molar refractivity (Wildman–Crippen MR) is 104 cm³/mol. The molecule has 4 nitrogen and oxygen atoms in total. The number of hydrogen-bond donors (Lipinski definition) is 0. The van der Waals surface area contributed by atoms with Gasteiger partial charge in [0.15, 0.2) is 6.61 Å². The van der Waals surface area contributed by atoms with Crippen LogP contribution >= 0.6 is 22.7 Å². The van der Waals surface area contributed by atoms with Crippen molar-refractivity contribution in [1.82, 2.24) is 4.98 Å². The zero-order valence-electron chi connectivity index (χ0n) is 13.5. The number of para-hydroxylation sites is 1. The van der Waals surface area contributed by atoms with E-state index in [1.54, 1.807) is 28.8 Å². The van der Waals surface area contributed by atoms with E-state index < -0.39 is 5.97 Å². The highest BCUT2D eigenvalue weighted by atomic mass is 32.1. The molecule has 3 aromatic heterocycles. The van der Waals surface area contributed by atoms with Gasteiger partial charge in [-0.1, -0.05) is 24.3 Å². The van der Waals surface area contributed by atoms with Crippen LogP contribution in [0.15, 0.2) is 64.7 Å². The molecule has 0 fully saturated rings. The van der Waals surface area contributed by atoms with Gasteiger partial charge in [0.2, 0.25) is 5.78 Å². The molecular weight excluding hydrogens is 366 g/mol. The lowest BCUT2D eigenvalue weighted by Crippen LogP contribution is -2.14. The second-order valence-electron chi connectivity index (χ2n) is 5.56. The number of rotatable bonds is 5. The van der Waals surface area contributed by atoms with Gasteiger partial charge in [0, 0.05) is 16.3 Å². The molecular formula is C20H13NO3S2. The number of thiophene rings is 2. The van der Waals surface area contributed by atoms with Gasteiger partial charge >= 0.3 is 5.97 Å². The van der Waals surface area contributed by atoms with E-state index in [4.69, 9.17) is 4.74 Å². The second kappa shape index (κ2) is 7.19. The van der Waals surface area contributed by atoms with Crippen molar-refractivity contribution in [2.45, 2.75) is 0 Å². The fourth-order valence-electron chi connectivity index (χ4n) is 2.61. The first-order valence-electron chi connectivity index (χ1n) is 7.88. The zero-order chi connectivity index (χ0) is 17.9. The molecule has 0 spiro atoms. The molecule has 0 saturated carbocycles. The Morgan fingerprint density at radius 3 is 2.69 bits per heavy atom. The first kappa shape index (κ1) is 16.6. The first-order chi connectivity index (χ1) is 12.7. The third-order valence-electron chi connectivity index (χ3n) is 3.89. The summed E-state index contributed by atoms with van der Waals surface area (Å²) >= 11 is 2.99. The lowest BCUT2D eigenvalue weighted by atomic mass is 10.1. The van der Waals surface area contributed by atoms with Gasteiger partial charge in [-0.05, 0) is 35.0 Å². The minimum Gasteiger partial charge on any atom is -0.454 e. The van der Waals surface area contributed by atoms with Crippen molar-refractivity contribution in [3.8, 4) is 10.6 Å². The minimum absolute atomic E-state index is 0.212. The summed E-state index contributed by atoms with van der Waals surface area (Å²) in [4.78, 5) is 30.3. The van der Waals surface area contributed by atoms with Crippen molar-refractivity contribution in [3.63, 3.8) is 0 Å². The molecule has 0 saturated heterocycles. The van der Waals surface area contributed by atoms with Gasteiger partial charge in [-0.15, -0.1) is 11.3 Å². The smallest absolute Gasteiger partial charge is 0.339 e. The van der Waals surface area contributed by atoms with Crippen molar-refractivity contribution in [2.75, 3.05) is 6.61 Å². The number of benzene rings is 1. The molecule has 0 bridgehead atoms. The summed E-state index contributed by atoms with van der Waals surface area (Å²) in [6.07, 6.45) is 0. The largest absolute Gasteiger partial charge is 0.454 e. The maximum atomic E-state index is 12.7. The summed E-state index contributed by atoms with van der Waals surface area (Å²) in [7, 11) is 0. The van der Waals surface area contributed by atoms with E-state index in [0.717, 1.165) is 16.1 Å². The number of fused-ring (bicyclic) bond motifs is 1. The van der Waals surface area contributed by atoms with E-state index in [0.29, 0.717) is 16.5 Å². The number of nitrogens with zero attached hydrogens (tertiary/aromatic N) is 1. The normalized spacial score (nSPS) is 10.8. The Kier molecular flexibility index (Phi) is 4.60. The van der Waals surface area contributed by atoms with Crippen molar-refractivity contribution in [3.05, 3.63) is 75.8 Å². The van der Waals surface area contributed by atoms with Crippen LogP contribution in [0, 0.1) is 0 Å². The molecule has 0 aliphatic carbocycles. The van der Waals surface area contributed by atoms with Gasteiger partial charge in [0.1, 0.15) is 0 Å². The molecule has 26 heavy (non-hydrogen) atoms. The van der Waals surface area contributed by atoms with Crippen molar-refractivity contribution >= 4 is 45.3 Å². The van der Waals surface area contributed by atoms with Crippen LogP contribution in [0.3, 0.4) is 0 Å². The van der Waals surface area contributed by atoms with Crippen LogP contribution in [0.4, 0.5) is 0 Å². The Morgan fingerprint density at radius 2 is 1.92 bits per heavy atom. The molecule has 4 rings (SSSR count). The van der Waals surface area contributed by atoms with Gasteiger partial charge in [-0.2, -0.15) is 11.3 Å². The number of carbonyl (C=O) groups is 2. The fourth-order valence-corrected chi connectivity index (χ4v) is 3.96. The summed E-state index contributed by atoms with van der Waals surface area (Å²) < 4.78 is 5.29. The molecule has 128 valence electrons. The molecule has 0 amide bonds. The van der Waals surface area contributed by atoms with Crippen molar-refractivity contribution < 1.29 is 14.3 Å². The number of ether oxygens (including phenoxy) is 1. The summed E-state index contributed by atoms with van der Waals surface area (Å²) in [6, 6.07) is 14.8. The van der Waals surface area contributed by atoms with E-state index >= 15 is 0 Å². The van der Waals surface area contributed by atoms with E-state index in [-0.39, 0.29) is 12.4 Å². The highest BCUT2D eigenvalue weighted by Gasteiger charge is 2.17. The van der Waals surface area contributed by atoms with Crippen LogP contribution in [0.1, 0.15) is 20.7 Å². The summed E-state index contributed by atoms with van der Waals surface area (Å²) in [5.74, 6) is -0.735. The predicted octanol–water partition coefficient (Wildman–Crippen LogP) is 5.06. The van der Waals surface area contributed by atoms with Crippen LogP contribution in [-0.4, -0.2) is 23.3 Å². The van der Waals surface area contributed by atoms with Crippen LogP contribution in [0.5, 0.6) is 0 Å². The standard InChI is InChI=1S/C20H13NO3S2/c22-18(13-7-9-25-12-13)11-24-20(23)15-10-17(19-6-3-8-26-19)21-16-5-2-1-4-14(15)16/h1-10,12H,11H2. The Balaban J connectivity index is 1.66. The number of pyridine rings is 1. The second-order valence-corrected chi connectivity index (χ2v) is 7.29. The molecule has 6 heteroatoms. The van der Waals surface area contributed by atoms with Gasteiger partial charge in [0.25, 0.3) is 0 Å². The first-order valence-corrected chi connectivity index (χ1v) is 9.71. The maximum absolute atomic E-state index is 12.7. The molecule has 0 aliphatic rings. The Bertz CT molecular complexity index is 1070. The topological polar surface area (TPSA) is 56.3 Å². The average molecular weight is 379 g/mol. The van der Waals surface area contributed by atoms with E-state index in [9.17, 15) is 9.59 Å². The number of ketones is 1. The molecule has 0 atom stereocenters. The highest BCUT2D eigenvalue weighted by Crippen LogP contribution is 2.28.